The van der Waals surface area contributed by atoms with Crippen molar-refractivity contribution in [2.45, 2.75) is 19.4 Å². The Morgan fingerprint density at radius 3 is 2.67 bits per heavy atom. The molecular weight excluding hydrogens is 334 g/mol. The molecule has 0 radical (unpaired) electrons. The molecule has 0 saturated carbocycles. The molecule has 4 aromatic rings. The van der Waals surface area contributed by atoms with Gasteiger partial charge >= 0.3 is 0 Å². The molecule has 0 N–H and O–H groups in total. The first-order valence-electron chi connectivity index (χ1n) is 8.96. The molecule has 4 rings (SSSR count). The average Bonchev–Trinajstić information content (AvgIpc) is 3.23. The van der Waals surface area contributed by atoms with E-state index in [1.165, 1.54) is 0 Å². The van der Waals surface area contributed by atoms with Gasteiger partial charge in [-0.1, -0.05) is 43.3 Å². The number of aromatic nitrogens is 2. The number of nitrogens with zero attached hydrogens (tertiary/aromatic N) is 3. The largest absolute Gasteiger partial charge is 0.456 e. The number of imidazole rings is 1. The van der Waals surface area contributed by atoms with Crippen LogP contribution < -0.4 is 4.74 Å². The molecule has 1 unspecified atom stereocenters. The molecule has 0 aliphatic carbocycles. The van der Waals surface area contributed by atoms with E-state index >= 15 is 0 Å². The molecule has 0 saturated heterocycles. The third-order valence-corrected chi connectivity index (χ3v) is 4.73. The zero-order chi connectivity index (χ0) is 18.6. The van der Waals surface area contributed by atoms with E-state index in [0.29, 0.717) is 11.3 Å². The SMILES string of the molecule is CCC(c1ccc(C#N)c(Oc2ccc3ccccc3c2)c1)n1ccnc1. The lowest BCUT2D eigenvalue weighted by Crippen LogP contribution is -2.08. The number of ether oxygens (including phenoxy) is 1. The van der Waals surface area contributed by atoms with Crippen LogP contribution in [0.5, 0.6) is 11.5 Å². The van der Waals surface area contributed by atoms with E-state index in [-0.39, 0.29) is 6.04 Å². The maximum Gasteiger partial charge on any atom is 0.145 e. The third kappa shape index (κ3) is 3.40. The average molecular weight is 353 g/mol. The number of fused-ring (bicyclic) bond motifs is 1. The molecule has 132 valence electrons. The van der Waals surface area contributed by atoms with Gasteiger partial charge in [-0.25, -0.2) is 4.98 Å². The summed E-state index contributed by atoms with van der Waals surface area (Å²) in [7, 11) is 0. The number of hydrogen-bond donors (Lipinski definition) is 0. The van der Waals surface area contributed by atoms with Gasteiger partial charge in [0.15, 0.2) is 0 Å². The van der Waals surface area contributed by atoms with Crippen LogP contribution in [-0.4, -0.2) is 9.55 Å². The van der Waals surface area contributed by atoms with Gasteiger partial charge in [0.05, 0.1) is 17.9 Å². The van der Waals surface area contributed by atoms with Gasteiger partial charge in [-0.15, -0.1) is 0 Å². The van der Waals surface area contributed by atoms with Crippen molar-refractivity contribution in [1.29, 1.82) is 5.26 Å². The van der Waals surface area contributed by atoms with Gasteiger partial charge in [0.2, 0.25) is 0 Å². The second-order valence-electron chi connectivity index (χ2n) is 6.41. The van der Waals surface area contributed by atoms with Gasteiger partial charge in [-0.05, 0) is 47.0 Å². The number of nitriles is 1. The van der Waals surface area contributed by atoms with Crippen LogP contribution in [0, 0.1) is 11.3 Å². The predicted molar refractivity (Wildman–Crippen MR) is 106 cm³/mol. The van der Waals surface area contributed by atoms with Gasteiger partial charge in [0, 0.05) is 12.4 Å². The molecule has 0 aliphatic rings. The first kappa shape index (κ1) is 16.9. The standard InChI is InChI=1S/C23H19N3O/c1-2-22(26-12-11-25-16-26)19-7-8-20(15-24)23(14-19)27-21-10-9-17-5-3-4-6-18(17)13-21/h3-14,16,22H,2H2,1H3. The summed E-state index contributed by atoms with van der Waals surface area (Å²) in [6.45, 7) is 2.13. The molecule has 1 heterocycles. The highest BCUT2D eigenvalue weighted by Crippen LogP contribution is 2.32. The Labute approximate surface area is 158 Å². The molecule has 0 spiro atoms. The maximum atomic E-state index is 9.49. The summed E-state index contributed by atoms with van der Waals surface area (Å²) >= 11 is 0. The number of rotatable bonds is 5. The second-order valence-corrected chi connectivity index (χ2v) is 6.41. The Hall–Kier alpha value is -3.58. The second kappa shape index (κ2) is 7.35. The van der Waals surface area contributed by atoms with Crippen molar-refractivity contribution in [3.05, 3.63) is 90.5 Å². The van der Waals surface area contributed by atoms with Gasteiger partial charge < -0.3 is 9.30 Å². The monoisotopic (exact) mass is 353 g/mol. The van der Waals surface area contributed by atoms with Crippen LogP contribution in [0.3, 0.4) is 0 Å². The fraction of sp³-hybridized carbons (Fsp3) is 0.130. The van der Waals surface area contributed by atoms with Crippen molar-refractivity contribution in [3.8, 4) is 17.6 Å². The van der Waals surface area contributed by atoms with Crippen LogP contribution in [0.4, 0.5) is 0 Å². The normalized spacial score (nSPS) is 11.9. The Morgan fingerprint density at radius 2 is 1.93 bits per heavy atom. The zero-order valence-corrected chi connectivity index (χ0v) is 15.0. The maximum absolute atomic E-state index is 9.49. The Kier molecular flexibility index (Phi) is 4.59. The predicted octanol–water partition coefficient (Wildman–Crippen LogP) is 5.70. The lowest BCUT2D eigenvalue weighted by molar-refractivity contribution is 0.478. The molecular formula is C23H19N3O. The molecule has 4 heteroatoms. The minimum atomic E-state index is 0.152. The van der Waals surface area contributed by atoms with Gasteiger partial charge in [-0.3, -0.25) is 0 Å². The molecule has 0 aliphatic heterocycles. The lowest BCUT2D eigenvalue weighted by atomic mass is 10.0. The van der Waals surface area contributed by atoms with E-state index < -0.39 is 0 Å². The molecule has 27 heavy (non-hydrogen) atoms. The molecule has 1 atom stereocenters. The van der Waals surface area contributed by atoms with Crippen LogP contribution in [0.2, 0.25) is 0 Å². The number of hydrogen-bond acceptors (Lipinski definition) is 3. The van der Waals surface area contributed by atoms with Crippen molar-refractivity contribution in [1.82, 2.24) is 9.55 Å². The minimum Gasteiger partial charge on any atom is -0.456 e. The van der Waals surface area contributed by atoms with Gasteiger partial charge in [0.25, 0.3) is 0 Å². The van der Waals surface area contributed by atoms with Crippen molar-refractivity contribution in [2.24, 2.45) is 0 Å². The van der Waals surface area contributed by atoms with E-state index in [4.69, 9.17) is 4.74 Å². The Bertz CT molecular complexity index is 1110. The first-order valence-corrected chi connectivity index (χ1v) is 8.96. The van der Waals surface area contributed by atoms with Gasteiger partial charge in [-0.2, -0.15) is 5.26 Å². The van der Waals surface area contributed by atoms with Crippen molar-refractivity contribution in [3.63, 3.8) is 0 Å². The molecule has 1 aromatic heterocycles. The third-order valence-electron chi connectivity index (χ3n) is 4.73. The molecule has 0 bridgehead atoms. The lowest BCUT2D eigenvalue weighted by Gasteiger charge is -2.18. The number of benzene rings is 3. The van der Waals surface area contributed by atoms with Gasteiger partial charge in [0.1, 0.15) is 17.6 Å². The highest BCUT2D eigenvalue weighted by molar-refractivity contribution is 5.83. The summed E-state index contributed by atoms with van der Waals surface area (Å²) in [5.74, 6) is 1.29. The molecule has 4 nitrogen and oxygen atoms in total. The van der Waals surface area contributed by atoms with E-state index in [1.807, 2.05) is 61.1 Å². The summed E-state index contributed by atoms with van der Waals surface area (Å²) in [5.41, 5.74) is 1.61. The summed E-state index contributed by atoms with van der Waals surface area (Å²) < 4.78 is 8.18. The van der Waals surface area contributed by atoms with Crippen LogP contribution in [-0.2, 0) is 0 Å². The smallest absolute Gasteiger partial charge is 0.145 e. The molecule has 0 amide bonds. The van der Waals surface area contributed by atoms with E-state index in [1.54, 1.807) is 6.20 Å². The quantitative estimate of drug-likeness (QED) is 0.462. The first-order chi connectivity index (χ1) is 13.3. The highest BCUT2D eigenvalue weighted by Gasteiger charge is 2.14. The minimum absolute atomic E-state index is 0.152. The summed E-state index contributed by atoms with van der Waals surface area (Å²) in [6, 6.07) is 22.2. The van der Waals surface area contributed by atoms with E-state index in [0.717, 1.165) is 28.5 Å². The van der Waals surface area contributed by atoms with Crippen LogP contribution in [0.15, 0.2) is 79.4 Å². The molecule has 0 fully saturated rings. The summed E-state index contributed by atoms with van der Waals surface area (Å²) in [6.07, 6.45) is 6.46. The van der Waals surface area contributed by atoms with Crippen LogP contribution in [0.25, 0.3) is 10.8 Å². The fourth-order valence-corrected chi connectivity index (χ4v) is 3.35. The Balaban J connectivity index is 1.71. The van der Waals surface area contributed by atoms with Crippen LogP contribution >= 0.6 is 0 Å². The summed E-state index contributed by atoms with van der Waals surface area (Å²) in [4.78, 5) is 4.15. The zero-order valence-electron chi connectivity index (χ0n) is 15.0. The van der Waals surface area contributed by atoms with Crippen molar-refractivity contribution in [2.75, 3.05) is 0 Å². The van der Waals surface area contributed by atoms with Crippen molar-refractivity contribution < 1.29 is 4.74 Å². The Morgan fingerprint density at radius 1 is 1.07 bits per heavy atom. The van der Waals surface area contributed by atoms with E-state index in [2.05, 4.69) is 34.7 Å². The summed E-state index contributed by atoms with van der Waals surface area (Å²) in [5, 5.41) is 11.8. The van der Waals surface area contributed by atoms with Crippen molar-refractivity contribution >= 4 is 10.8 Å². The topological polar surface area (TPSA) is 50.8 Å². The molecule has 3 aromatic carbocycles. The van der Waals surface area contributed by atoms with Crippen LogP contribution in [0.1, 0.15) is 30.5 Å². The van der Waals surface area contributed by atoms with E-state index in [9.17, 15) is 5.26 Å². The highest BCUT2D eigenvalue weighted by atomic mass is 16.5. The fourth-order valence-electron chi connectivity index (χ4n) is 3.35.